The largest absolute Gasteiger partial charge is 0.299 e. The highest BCUT2D eigenvalue weighted by Crippen LogP contribution is 2.15. The van der Waals surface area contributed by atoms with Gasteiger partial charge >= 0.3 is 0 Å². The molecule has 0 atom stereocenters. The Morgan fingerprint density at radius 1 is 1.13 bits per heavy atom. The maximum Gasteiger partial charge on any atom is 0.0409 e. The summed E-state index contributed by atoms with van der Waals surface area (Å²) in [5, 5.41) is 0.847. The Balaban J connectivity index is 0.00000112. The minimum absolute atomic E-state index is 0. The van der Waals surface area contributed by atoms with Crippen LogP contribution in [0.5, 0.6) is 0 Å². The Bertz CT molecular complexity index is 295. The number of hydrogen-bond donors (Lipinski definition) is 0. The zero-order valence-electron chi connectivity index (χ0n) is 8.79. The van der Waals surface area contributed by atoms with Crippen molar-refractivity contribution >= 4 is 24.0 Å². The van der Waals surface area contributed by atoms with E-state index in [-0.39, 0.29) is 12.4 Å². The van der Waals surface area contributed by atoms with E-state index in [1.807, 2.05) is 12.1 Å². The highest BCUT2D eigenvalue weighted by molar-refractivity contribution is 6.30. The van der Waals surface area contributed by atoms with E-state index in [0.717, 1.165) is 11.6 Å². The summed E-state index contributed by atoms with van der Waals surface area (Å²) in [6, 6.07) is 8.18. The average molecular weight is 246 g/mol. The van der Waals surface area contributed by atoms with Gasteiger partial charge in [-0.15, -0.1) is 12.4 Å². The quantitative estimate of drug-likeness (QED) is 0.768. The molecule has 0 saturated carbocycles. The predicted molar refractivity (Wildman–Crippen MR) is 67.8 cm³/mol. The first kappa shape index (κ1) is 12.8. The molecule has 1 aromatic rings. The van der Waals surface area contributed by atoms with E-state index >= 15 is 0 Å². The number of rotatable bonds is 2. The predicted octanol–water partition coefficient (Wildman–Crippen LogP) is 3.75. The van der Waals surface area contributed by atoms with E-state index in [2.05, 4.69) is 17.0 Å². The molecule has 1 aliphatic heterocycles. The first-order valence-electron chi connectivity index (χ1n) is 5.31. The van der Waals surface area contributed by atoms with Crippen LogP contribution in [0.25, 0.3) is 0 Å². The van der Waals surface area contributed by atoms with Crippen molar-refractivity contribution in [2.75, 3.05) is 13.1 Å². The van der Waals surface area contributed by atoms with E-state index < -0.39 is 0 Å². The highest BCUT2D eigenvalue weighted by Gasteiger charge is 2.09. The van der Waals surface area contributed by atoms with E-state index in [9.17, 15) is 0 Å². The summed E-state index contributed by atoms with van der Waals surface area (Å²) in [5.74, 6) is 0. The van der Waals surface area contributed by atoms with Gasteiger partial charge in [-0.05, 0) is 43.6 Å². The molecular formula is C12H17Cl2N. The van der Waals surface area contributed by atoms with Gasteiger partial charge in [-0.25, -0.2) is 0 Å². The van der Waals surface area contributed by atoms with Crippen molar-refractivity contribution in [2.45, 2.75) is 25.8 Å². The average Bonchev–Trinajstić information content (AvgIpc) is 2.19. The van der Waals surface area contributed by atoms with Crippen molar-refractivity contribution in [1.29, 1.82) is 0 Å². The third-order valence-corrected chi connectivity index (χ3v) is 2.98. The molecule has 1 aliphatic rings. The third-order valence-electron chi connectivity index (χ3n) is 2.74. The molecule has 1 saturated heterocycles. The molecule has 2 rings (SSSR count). The fraction of sp³-hybridized carbons (Fsp3) is 0.500. The summed E-state index contributed by atoms with van der Waals surface area (Å²) < 4.78 is 0. The number of piperidine rings is 1. The van der Waals surface area contributed by atoms with E-state index in [4.69, 9.17) is 11.6 Å². The van der Waals surface area contributed by atoms with E-state index in [1.54, 1.807) is 0 Å². The summed E-state index contributed by atoms with van der Waals surface area (Å²) in [4.78, 5) is 2.51. The molecule has 0 bridgehead atoms. The fourth-order valence-electron chi connectivity index (χ4n) is 2.01. The fourth-order valence-corrected chi connectivity index (χ4v) is 2.22. The molecule has 0 aliphatic carbocycles. The topological polar surface area (TPSA) is 3.24 Å². The molecule has 1 aromatic carbocycles. The minimum Gasteiger partial charge on any atom is -0.299 e. The van der Waals surface area contributed by atoms with Crippen LogP contribution in [0, 0.1) is 0 Å². The van der Waals surface area contributed by atoms with Crippen LogP contribution in [-0.2, 0) is 6.54 Å². The lowest BCUT2D eigenvalue weighted by molar-refractivity contribution is 0.221. The second kappa shape index (κ2) is 6.37. The zero-order valence-corrected chi connectivity index (χ0v) is 10.4. The molecule has 0 unspecified atom stereocenters. The molecule has 3 heteroatoms. The molecule has 1 nitrogen and oxygen atoms in total. The van der Waals surface area contributed by atoms with Gasteiger partial charge in [0.05, 0.1) is 0 Å². The monoisotopic (exact) mass is 245 g/mol. The van der Waals surface area contributed by atoms with Crippen LogP contribution in [-0.4, -0.2) is 18.0 Å². The van der Waals surface area contributed by atoms with Crippen molar-refractivity contribution in [3.8, 4) is 0 Å². The van der Waals surface area contributed by atoms with Gasteiger partial charge in [-0.2, -0.15) is 0 Å². The Hall–Kier alpha value is -0.240. The van der Waals surface area contributed by atoms with Crippen molar-refractivity contribution < 1.29 is 0 Å². The van der Waals surface area contributed by atoms with Gasteiger partial charge < -0.3 is 0 Å². The van der Waals surface area contributed by atoms with Crippen LogP contribution >= 0.6 is 24.0 Å². The Kier molecular flexibility index (Phi) is 5.44. The van der Waals surface area contributed by atoms with E-state index in [1.165, 1.54) is 37.9 Å². The smallest absolute Gasteiger partial charge is 0.0409 e. The summed E-state index contributed by atoms with van der Waals surface area (Å²) in [7, 11) is 0. The van der Waals surface area contributed by atoms with Crippen LogP contribution < -0.4 is 0 Å². The summed E-state index contributed by atoms with van der Waals surface area (Å²) >= 11 is 5.94. The Labute approximate surface area is 103 Å². The Morgan fingerprint density at radius 3 is 2.53 bits per heavy atom. The Morgan fingerprint density at radius 2 is 1.87 bits per heavy atom. The minimum atomic E-state index is 0. The van der Waals surface area contributed by atoms with E-state index in [0.29, 0.717) is 0 Å². The molecule has 0 amide bonds. The van der Waals surface area contributed by atoms with Crippen molar-refractivity contribution in [2.24, 2.45) is 0 Å². The highest BCUT2D eigenvalue weighted by atomic mass is 35.5. The second-order valence-corrected chi connectivity index (χ2v) is 4.40. The lowest BCUT2D eigenvalue weighted by Gasteiger charge is -2.26. The number of nitrogens with zero attached hydrogens (tertiary/aromatic N) is 1. The van der Waals surface area contributed by atoms with Crippen LogP contribution in [0.3, 0.4) is 0 Å². The van der Waals surface area contributed by atoms with Gasteiger partial charge in [0, 0.05) is 11.6 Å². The first-order chi connectivity index (χ1) is 6.84. The van der Waals surface area contributed by atoms with Crippen LogP contribution in [0.4, 0.5) is 0 Å². The van der Waals surface area contributed by atoms with Crippen LogP contribution in [0.2, 0.25) is 5.02 Å². The molecule has 84 valence electrons. The van der Waals surface area contributed by atoms with Gasteiger partial charge in [0.1, 0.15) is 0 Å². The lowest BCUT2D eigenvalue weighted by Crippen LogP contribution is -2.28. The van der Waals surface area contributed by atoms with Gasteiger partial charge in [-0.3, -0.25) is 4.90 Å². The summed E-state index contributed by atoms with van der Waals surface area (Å²) in [6.07, 6.45) is 4.09. The lowest BCUT2D eigenvalue weighted by atomic mass is 10.1. The van der Waals surface area contributed by atoms with Gasteiger partial charge in [0.2, 0.25) is 0 Å². The maximum absolute atomic E-state index is 5.94. The SMILES string of the molecule is Cl.Clc1cccc(CN2CCCCC2)c1. The summed E-state index contributed by atoms with van der Waals surface area (Å²) in [5.41, 5.74) is 1.33. The molecule has 1 fully saturated rings. The van der Waals surface area contributed by atoms with Gasteiger partial charge in [-0.1, -0.05) is 30.2 Å². The van der Waals surface area contributed by atoms with Crippen molar-refractivity contribution in [1.82, 2.24) is 4.90 Å². The maximum atomic E-state index is 5.94. The number of hydrogen-bond acceptors (Lipinski definition) is 1. The zero-order chi connectivity index (χ0) is 9.80. The standard InChI is InChI=1S/C12H16ClN.ClH/c13-12-6-4-5-11(9-12)10-14-7-2-1-3-8-14;/h4-6,9H,1-3,7-8,10H2;1H. The molecule has 0 radical (unpaired) electrons. The molecule has 1 heterocycles. The number of likely N-dealkylation sites (tertiary alicyclic amines) is 1. The molecule has 0 N–H and O–H groups in total. The van der Waals surface area contributed by atoms with Crippen molar-refractivity contribution in [3.05, 3.63) is 34.9 Å². The second-order valence-electron chi connectivity index (χ2n) is 3.97. The number of halogens is 2. The van der Waals surface area contributed by atoms with Gasteiger partial charge in [0.25, 0.3) is 0 Å². The number of benzene rings is 1. The third kappa shape index (κ3) is 4.02. The molecule has 0 spiro atoms. The normalized spacial score (nSPS) is 17.1. The first-order valence-corrected chi connectivity index (χ1v) is 5.69. The van der Waals surface area contributed by atoms with Crippen LogP contribution in [0.1, 0.15) is 24.8 Å². The summed E-state index contributed by atoms with van der Waals surface area (Å²) in [6.45, 7) is 3.54. The van der Waals surface area contributed by atoms with Gasteiger partial charge in [0.15, 0.2) is 0 Å². The molecule has 0 aromatic heterocycles. The molecule has 15 heavy (non-hydrogen) atoms. The van der Waals surface area contributed by atoms with Crippen LogP contribution in [0.15, 0.2) is 24.3 Å². The molecular weight excluding hydrogens is 229 g/mol. The van der Waals surface area contributed by atoms with Crippen molar-refractivity contribution in [3.63, 3.8) is 0 Å².